The number of rotatable bonds is 7. The van der Waals surface area contributed by atoms with Gasteiger partial charge >= 0.3 is 11.9 Å². The van der Waals surface area contributed by atoms with E-state index >= 15 is 0 Å². The lowest BCUT2D eigenvalue weighted by molar-refractivity contribution is 0.0483. The van der Waals surface area contributed by atoms with Crippen molar-refractivity contribution in [3.63, 3.8) is 0 Å². The first kappa shape index (κ1) is 21.4. The van der Waals surface area contributed by atoms with Crippen LogP contribution >= 0.6 is 0 Å². The van der Waals surface area contributed by atoms with Crippen molar-refractivity contribution in [2.45, 2.75) is 27.3 Å². The second-order valence-corrected chi connectivity index (χ2v) is 7.34. The van der Waals surface area contributed by atoms with Gasteiger partial charge in [0, 0.05) is 0 Å². The quantitative estimate of drug-likeness (QED) is 0.413. The number of hydrogen-bond donors (Lipinski definition) is 0. The van der Waals surface area contributed by atoms with Gasteiger partial charge in [-0.05, 0) is 50.1 Å². The van der Waals surface area contributed by atoms with Crippen LogP contribution in [-0.2, 0) is 16.0 Å². The lowest BCUT2D eigenvalue weighted by Gasteiger charge is -2.10. The van der Waals surface area contributed by atoms with Gasteiger partial charge in [-0.3, -0.25) is 13.8 Å². The number of carbonyl (C=O) groups is 2. The molecule has 0 aliphatic heterocycles. The summed E-state index contributed by atoms with van der Waals surface area (Å²) in [5, 5.41) is 0. The van der Waals surface area contributed by atoms with Gasteiger partial charge in [-0.25, -0.2) is 9.59 Å². The third kappa shape index (κ3) is 3.28. The number of nitrogens with zero attached hydrogens (tertiary/aromatic N) is 2. The second kappa shape index (κ2) is 8.37. The number of carbonyl (C=O) groups excluding carboxylic acids is 2. The fourth-order valence-electron chi connectivity index (χ4n) is 4.10. The maximum Gasteiger partial charge on any atom is 0.341 e. The maximum absolute atomic E-state index is 13.6. The van der Waals surface area contributed by atoms with E-state index in [1.54, 1.807) is 36.0 Å². The van der Waals surface area contributed by atoms with Crippen molar-refractivity contribution in [3.8, 4) is 5.75 Å². The van der Waals surface area contributed by atoms with Crippen LogP contribution < -0.4 is 10.3 Å². The Morgan fingerprint density at radius 2 is 1.66 bits per heavy atom. The largest absolute Gasteiger partial charge is 0.497 e. The second-order valence-electron chi connectivity index (χ2n) is 7.34. The number of imidazole rings is 1. The lowest BCUT2D eigenvalue weighted by Crippen LogP contribution is -2.20. The van der Waals surface area contributed by atoms with E-state index < -0.39 is 11.9 Å². The minimum atomic E-state index is -0.727. The first-order valence-corrected chi connectivity index (χ1v) is 10.4. The summed E-state index contributed by atoms with van der Waals surface area (Å²) < 4.78 is 19.0. The Morgan fingerprint density at radius 3 is 2.31 bits per heavy atom. The highest BCUT2D eigenvalue weighted by atomic mass is 16.5. The zero-order chi connectivity index (χ0) is 23.0. The Labute approximate surface area is 184 Å². The molecule has 0 radical (unpaired) electrons. The van der Waals surface area contributed by atoms with Crippen molar-refractivity contribution < 1.29 is 23.8 Å². The summed E-state index contributed by atoms with van der Waals surface area (Å²) in [5.74, 6) is -0.710. The van der Waals surface area contributed by atoms with E-state index in [1.165, 1.54) is 0 Å². The topological polar surface area (TPSA) is 88.2 Å². The minimum Gasteiger partial charge on any atom is -0.497 e. The van der Waals surface area contributed by atoms with Crippen LogP contribution in [-0.4, -0.2) is 41.2 Å². The summed E-state index contributed by atoms with van der Waals surface area (Å²) in [6, 6.07) is 11.0. The van der Waals surface area contributed by atoms with Crippen LogP contribution in [0.1, 0.15) is 45.7 Å². The first-order valence-electron chi connectivity index (χ1n) is 10.4. The fourth-order valence-corrected chi connectivity index (χ4v) is 4.10. The number of benzene rings is 1. The van der Waals surface area contributed by atoms with Crippen LogP contribution in [0.15, 0.2) is 41.2 Å². The first-order chi connectivity index (χ1) is 15.4. The fraction of sp³-hybridized carbons (Fsp3) is 0.292. The van der Waals surface area contributed by atoms with Crippen molar-refractivity contribution in [2.24, 2.45) is 0 Å². The summed E-state index contributed by atoms with van der Waals surface area (Å²) in [5.41, 5.74) is 2.45. The molecular weight excluding hydrogens is 412 g/mol. The van der Waals surface area contributed by atoms with E-state index in [4.69, 9.17) is 14.2 Å². The van der Waals surface area contributed by atoms with Gasteiger partial charge in [0.15, 0.2) is 0 Å². The summed E-state index contributed by atoms with van der Waals surface area (Å²) in [6.45, 7) is 5.76. The third-order valence-corrected chi connectivity index (χ3v) is 5.40. The molecule has 3 heterocycles. The summed E-state index contributed by atoms with van der Waals surface area (Å²) in [7, 11) is 1.58. The molecular formula is C24H24N2O6. The van der Waals surface area contributed by atoms with Crippen molar-refractivity contribution in [1.82, 2.24) is 8.97 Å². The van der Waals surface area contributed by atoms with Crippen molar-refractivity contribution in [3.05, 3.63) is 69.0 Å². The standard InChI is InChI=1S/C24H24N2O6/c1-5-31-23(28)18-17-11-10-14(3)21-25(13-15-8-7-9-16(12-15)30-4)22(27)20(26(17)21)19(18)24(29)32-6-2/h7-12H,5-6,13H2,1-4H3. The van der Waals surface area contributed by atoms with E-state index in [-0.39, 0.29) is 42.0 Å². The van der Waals surface area contributed by atoms with E-state index in [9.17, 15) is 14.4 Å². The summed E-state index contributed by atoms with van der Waals surface area (Å²) in [6.07, 6.45) is 0. The van der Waals surface area contributed by atoms with Crippen LogP contribution in [0.3, 0.4) is 0 Å². The molecule has 4 rings (SSSR count). The number of aryl methyl sites for hydroxylation is 1. The predicted molar refractivity (Wildman–Crippen MR) is 119 cm³/mol. The average Bonchev–Trinajstić information content (AvgIpc) is 3.27. The normalized spacial score (nSPS) is 11.2. The molecule has 0 saturated carbocycles. The zero-order valence-corrected chi connectivity index (χ0v) is 18.4. The van der Waals surface area contributed by atoms with Crippen LogP contribution in [0.5, 0.6) is 5.75 Å². The summed E-state index contributed by atoms with van der Waals surface area (Å²) in [4.78, 5) is 39.3. The average molecular weight is 436 g/mol. The third-order valence-electron chi connectivity index (χ3n) is 5.40. The number of hydrogen-bond acceptors (Lipinski definition) is 6. The molecule has 0 atom stereocenters. The van der Waals surface area contributed by atoms with Gasteiger partial charge in [0.25, 0.3) is 5.56 Å². The van der Waals surface area contributed by atoms with Gasteiger partial charge in [-0.1, -0.05) is 18.2 Å². The van der Waals surface area contributed by atoms with Gasteiger partial charge in [-0.2, -0.15) is 0 Å². The molecule has 32 heavy (non-hydrogen) atoms. The molecule has 166 valence electrons. The Hall–Kier alpha value is -3.81. The molecule has 0 aliphatic carbocycles. The monoisotopic (exact) mass is 436 g/mol. The lowest BCUT2D eigenvalue weighted by atomic mass is 10.1. The minimum absolute atomic E-state index is 0.0518. The van der Waals surface area contributed by atoms with Gasteiger partial charge < -0.3 is 14.2 Å². The molecule has 0 N–H and O–H groups in total. The SMILES string of the molecule is CCOC(=O)c1c(C(=O)OCC)c2c(=O)n(Cc3cccc(OC)c3)c3c(C)ccc1n23. The Kier molecular flexibility index (Phi) is 5.61. The molecule has 8 heteroatoms. The molecule has 0 fully saturated rings. The van der Waals surface area contributed by atoms with Crippen molar-refractivity contribution in [1.29, 1.82) is 0 Å². The molecule has 4 aromatic rings. The van der Waals surface area contributed by atoms with Gasteiger partial charge in [0.05, 0.1) is 32.4 Å². The van der Waals surface area contributed by atoms with Crippen LogP contribution in [0.25, 0.3) is 16.7 Å². The van der Waals surface area contributed by atoms with E-state index in [0.717, 1.165) is 11.1 Å². The Balaban J connectivity index is 2.04. The van der Waals surface area contributed by atoms with Crippen LogP contribution in [0.4, 0.5) is 0 Å². The maximum atomic E-state index is 13.6. The molecule has 0 spiro atoms. The highest BCUT2D eigenvalue weighted by molar-refractivity contribution is 6.14. The van der Waals surface area contributed by atoms with Gasteiger partial charge in [0.1, 0.15) is 28.0 Å². The number of pyridine rings is 1. The van der Waals surface area contributed by atoms with Gasteiger partial charge in [-0.15, -0.1) is 0 Å². The van der Waals surface area contributed by atoms with Gasteiger partial charge in [0.2, 0.25) is 0 Å². The van der Waals surface area contributed by atoms with E-state index in [1.807, 2.05) is 37.3 Å². The molecule has 0 aliphatic rings. The van der Waals surface area contributed by atoms with E-state index in [0.29, 0.717) is 16.9 Å². The Bertz CT molecular complexity index is 1380. The highest BCUT2D eigenvalue weighted by Gasteiger charge is 2.33. The van der Waals surface area contributed by atoms with Crippen molar-refractivity contribution in [2.75, 3.05) is 20.3 Å². The molecule has 0 unspecified atom stereocenters. The Morgan fingerprint density at radius 1 is 0.969 bits per heavy atom. The molecule has 8 nitrogen and oxygen atoms in total. The molecule has 0 saturated heterocycles. The predicted octanol–water partition coefficient (Wildman–Crippen LogP) is 3.41. The van der Waals surface area contributed by atoms with Crippen LogP contribution in [0.2, 0.25) is 0 Å². The van der Waals surface area contributed by atoms with E-state index in [2.05, 4.69) is 0 Å². The van der Waals surface area contributed by atoms with Crippen molar-refractivity contribution >= 4 is 28.6 Å². The number of methoxy groups -OCH3 is 1. The molecule has 1 aromatic carbocycles. The highest BCUT2D eigenvalue weighted by Crippen LogP contribution is 2.30. The molecule has 3 aromatic heterocycles. The molecule has 0 amide bonds. The number of esters is 2. The molecule has 0 bridgehead atoms. The smallest absolute Gasteiger partial charge is 0.341 e. The zero-order valence-electron chi connectivity index (χ0n) is 18.4. The van der Waals surface area contributed by atoms with Crippen LogP contribution in [0, 0.1) is 6.92 Å². The summed E-state index contributed by atoms with van der Waals surface area (Å²) >= 11 is 0. The number of aromatic nitrogens is 2. The number of ether oxygens (including phenoxy) is 3.